The third-order valence-corrected chi connectivity index (χ3v) is 11.5. The molecule has 0 aromatic heterocycles. The molecule has 0 heterocycles. The predicted octanol–water partition coefficient (Wildman–Crippen LogP) is 3.59. The van der Waals surface area contributed by atoms with Crippen molar-refractivity contribution < 1.29 is 30.2 Å². The lowest BCUT2D eigenvalue weighted by Gasteiger charge is -2.57. The molecule has 4 rings (SSSR count). The van der Waals surface area contributed by atoms with Gasteiger partial charge in [-0.2, -0.15) is 8.42 Å². The van der Waals surface area contributed by atoms with Crippen LogP contribution in [0.2, 0.25) is 0 Å². The molecular formula is C19H33F2NO5S2. The first-order valence-electron chi connectivity index (χ1n) is 10.5. The van der Waals surface area contributed by atoms with E-state index in [-0.39, 0.29) is 12.0 Å². The van der Waals surface area contributed by atoms with Crippen molar-refractivity contribution >= 4 is 20.1 Å². The fraction of sp³-hybridized carbons (Fsp3) is 1.00. The van der Waals surface area contributed by atoms with Gasteiger partial charge in [0.1, 0.15) is 5.25 Å². The maximum absolute atomic E-state index is 15.3. The Labute approximate surface area is 173 Å². The summed E-state index contributed by atoms with van der Waals surface area (Å²) in [6.07, 6.45) is 5.25. The van der Waals surface area contributed by atoms with Gasteiger partial charge < -0.3 is 0 Å². The minimum Gasteiger partial charge on any atom is -0.285 e. The molecule has 10 heteroatoms. The number of hydrogen-bond donors (Lipinski definition) is 2. The highest BCUT2D eigenvalue weighted by molar-refractivity contribution is 7.90. The first kappa shape index (κ1) is 23.3. The Hall–Kier alpha value is -0.320. The van der Waals surface area contributed by atoms with Crippen LogP contribution in [-0.2, 0) is 20.1 Å². The van der Waals surface area contributed by atoms with Crippen LogP contribution in [0, 0.1) is 23.2 Å². The largest absolute Gasteiger partial charge is 0.287 e. The average molecular weight is 458 g/mol. The molecule has 0 aromatic carbocycles. The summed E-state index contributed by atoms with van der Waals surface area (Å²) < 4.78 is 88.8. The monoisotopic (exact) mass is 457 g/mol. The lowest BCUT2D eigenvalue weighted by atomic mass is 9.50. The molecule has 4 aliphatic carbocycles. The zero-order chi connectivity index (χ0) is 21.9. The molecule has 6 nitrogen and oxygen atoms in total. The molecule has 0 amide bonds. The second-order valence-corrected chi connectivity index (χ2v) is 13.7. The summed E-state index contributed by atoms with van der Waals surface area (Å²) in [5, 5.41) is -2.24. The fourth-order valence-corrected chi connectivity index (χ4v) is 9.18. The van der Waals surface area contributed by atoms with E-state index in [4.69, 9.17) is 0 Å². The summed E-state index contributed by atoms with van der Waals surface area (Å²) >= 11 is 0. The van der Waals surface area contributed by atoms with Crippen molar-refractivity contribution in [3.8, 4) is 0 Å². The van der Waals surface area contributed by atoms with Crippen LogP contribution in [0.5, 0.6) is 0 Å². The first-order chi connectivity index (χ1) is 13.2. The van der Waals surface area contributed by atoms with Crippen LogP contribution < -0.4 is 4.72 Å². The van der Waals surface area contributed by atoms with E-state index < -0.39 is 48.9 Å². The smallest absolute Gasteiger partial charge is 0.285 e. The lowest BCUT2D eigenvalue weighted by Crippen LogP contribution is -2.61. The molecule has 0 aliphatic heterocycles. The summed E-state index contributed by atoms with van der Waals surface area (Å²) in [7, 11) is -9.68. The van der Waals surface area contributed by atoms with Crippen molar-refractivity contribution in [1.82, 2.24) is 4.72 Å². The molecule has 0 aromatic rings. The molecule has 0 spiro atoms. The molecule has 4 aliphatic rings. The van der Waals surface area contributed by atoms with Gasteiger partial charge in [-0.15, -0.1) is 0 Å². The maximum Gasteiger partial charge on any atom is 0.287 e. The zero-order valence-corrected chi connectivity index (χ0v) is 19.0. The molecule has 0 radical (unpaired) electrons. The molecule has 2 N–H and O–H groups in total. The standard InChI is InChI=1S/C19H33F2NO5S2/c1-4-16(19(20,21)17(3,5-2)29(25,26)27)28(23,24)22-12-18-9-13-6-14(10-18)8-15(7-13)11-18/h13-16,22H,4-12H2,1-3H3,(H,25,26,27). The second-order valence-electron chi connectivity index (χ2n) is 9.86. The Kier molecular flexibility index (Phi) is 5.94. The van der Waals surface area contributed by atoms with Gasteiger partial charge >= 0.3 is 0 Å². The van der Waals surface area contributed by atoms with E-state index in [2.05, 4.69) is 4.72 Å². The number of sulfonamides is 1. The molecule has 2 unspecified atom stereocenters. The van der Waals surface area contributed by atoms with E-state index in [0.717, 1.165) is 19.3 Å². The number of nitrogens with one attached hydrogen (secondary N) is 1. The van der Waals surface area contributed by atoms with Gasteiger partial charge in [-0.3, -0.25) is 4.55 Å². The van der Waals surface area contributed by atoms with Gasteiger partial charge in [0.15, 0.2) is 4.75 Å². The molecule has 2 atom stereocenters. The van der Waals surface area contributed by atoms with E-state index in [1.165, 1.54) is 33.1 Å². The van der Waals surface area contributed by atoms with E-state index >= 15 is 8.78 Å². The van der Waals surface area contributed by atoms with Crippen LogP contribution in [0.4, 0.5) is 8.78 Å². The van der Waals surface area contributed by atoms with Gasteiger partial charge in [0, 0.05) is 6.54 Å². The van der Waals surface area contributed by atoms with Crippen molar-refractivity contribution in [2.45, 2.75) is 88.1 Å². The van der Waals surface area contributed by atoms with Crippen LogP contribution >= 0.6 is 0 Å². The first-order valence-corrected chi connectivity index (χ1v) is 13.5. The van der Waals surface area contributed by atoms with Crippen molar-refractivity contribution in [2.75, 3.05) is 6.54 Å². The van der Waals surface area contributed by atoms with Gasteiger partial charge in [-0.1, -0.05) is 13.8 Å². The van der Waals surface area contributed by atoms with Crippen molar-refractivity contribution in [2.24, 2.45) is 23.2 Å². The Balaban J connectivity index is 1.82. The van der Waals surface area contributed by atoms with Crippen LogP contribution in [0.3, 0.4) is 0 Å². The van der Waals surface area contributed by atoms with E-state index in [1.807, 2.05) is 0 Å². The molecule has 0 saturated heterocycles. The van der Waals surface area contributed by atoms with E-state index in [9.17, 15) is 21.4 Å². The summed E-state index contributed by atoms with van der Waals surface area (Å²) in [4.78, 5) is 0. The van der Waals surface area contributed by atoms with Crippen LogP contribution in [0.25, 0.3) is 0 Å². The topological polar surface area (TPSA) is 101 Å². The minimum absolute atomic E-state index is 0.125. The van der Waals surface area contributed by atoms with Crippen LogP contribution in [0.1, 0.15) is 72.1 Å². The Bertz CT molecular complexity index is 807. The van der Waals surface area contributed by atoms with Crippen molar-refractivity contribution in [3.63, 3.8) is 0 Å². The van der Waals surface area contributed by atoms with Gasteiger partial charge in [-0.25, -0.2) is 21.9 Å². The number of rotatable bonds is 9. The molecule has 4 saturated carbocycles. The number of alkyl halides is 2. The normalized spacial score (nSPS) is 35.4. The van der Waals surface area contributed by atoms with Crippen LogP contribution in [0.15, 0.2) is 0 Å². The quantitative estimate of drug-likeness (QED) is 0.515. The maximum atomic E-state index is 15.3. The summed E-state index contributed by atoms with van der Waals surface area (Å²) in [5.74, 6) is -2.37. The minimum atomic E-state index is -5.18. The van der Waals surface area contributed by atoms with Gasteiger partial charge in [-0.05, 0) is 81.5 Å². The van der Waals surface area contributed by atoms with Gasteiger partial charge in [0.25, 0.3) is 16.0 Å². The third-order valence-electron chi connectivity index (χ3n) is 7.91. The van der Waals surface area contributed by atoms with Gasteiger partial charge in [0.2, 0.25) is 10.0 Å². The second kappa shape index (κ2) is 7.38. The average Bonchev–Trinajstić information content (AvgIpc) is 2.57. The highest BCUT2D eigenvalue weighted by Gasteiger charge is 2.64. The molecule has 4 bridgehead atoms. The summed E-state index contributed by atoms with van der Waals surface area (Å²) in [5.41, 5.74) is -0.174. The number of halogens is 2. The zero-order valence-electron chi connectivity index (χ0n) is 17.3. The van der Waals surface area contributed by atoms with Gasteiger partial charge in [0.05, 0.1) is 0 Å². The predicted molar refractivity (Wildman–Crippen MR) is 107 cm³/mol. The summed E-state index contributed by atoms with van der Waals surface area (Å²) in [6.45, 7) is 3.33. The van der Waals surface area contributed by atoms with Crippen molar-refractivity contribution in [3.05, 3.63) is 0 Å². The molecule has 29 heavy (non-hydrogen) atoms. The summed E-state index contributed by atoms with van der Waals surface area (Å²) in [6, 6.07) is 0. The third kappa shape index (κ3) is 3.87. The van der Waals surface area contributed by atoms with Crippen molar-refractivity contribution in [1.29, 1.82) is 0 Å². The fourth-order valence-electron chi connectivity index (χ4n) is 6.46. The Morgan fingerprint density at radius 2 is 1.48 bits per heavy atom. The molecule has 170 valence electrons. The van der Waals surface area contributed by atoms with Crippen LogP contribution in [-0.4, -0.2) is 43.9 Å². The van der Waals surface area contributed by atoms with E-state index in [1.54, 1.807) is 0 Å². The highest BCUT2D eigenvalue weighted by Crippen LogP contribution is 2.59. The highest BCUT2D eigenvalue weighted by atomic mass is 32.2. The SMILES string of the molecule is CCC(C(F)(F)C(C)(CC)S(=O)(=O)O)S(=O)(=O)NCC12CC3CC(CC(C3)C1)C2. The Morgan fingerprint density at radius 1 is 1.03 bits per heavy atom. The lowest BCUT2D eigenvalue weighted by molar-refractivity contribution is -0.0514. The molecular weight excluding hydrogens is 424 g/mol. The Morgan fingerprint density at radius 3 is 1.83 bits per heavy atom. The number of hydrogen-bond acceptors (Lipinski definition) is 4. The van der Waals surface area contributed by atoms with E-state index in [0.29, 0.717) is 24.7 Å². The molecule has 4 fully saturated rings.